The van der Waals surface area contributed by atoms with Crippen molar-refractivity contribution in [2.45, 2.75) is 19.3 Å². The molecule has 92 valence electrons. The number of methoxy groups -OCH3 is 1. The minimum atomic E-state index is -0.0400. The van der Waals surface area contributed by atoms with Gasteiger partial charge >= 0.3 is 0 Å². The molecule has 1 amide bonds. The van der Waals surface area contributed by atoms with Crippen molar-refractivity contribution in [1.29, 1.82) is 0 Å². The van der Waals surface area contributed by atoms with Crippen molar-refractivity contribution >= 4 is 11.6 Å². The van der Waals surface area contributed by atoms with Gasteiger partial charge in [0, 0.05) is 18.2 Å². The third-order valence-corrected chi connectivity index (χ3v) is 3.12. The highest BCUT2D eigenvalue weighted by Crippen LogP contribution is 2.30. The van der Waals surface area contributed by atoms with Crippen LogP contribution in [0.25, 0.3) is 0 Å². The van der Waals surface area contributed by atoms with Crippen molar-refractivity contribution in [2.75, 3.05) is 19.0 Å². The van der Waals surface area contributed by atoms with Gasteiger partial charge in [-0.15, -0.1) is 0 Å². The van der Waals surface area contributed by atoms with Gasteiger partial charge in [0.05, 0.1) is 7.11 Å². The summed E-state index contributed by atoms with van der Waals surface area (Å²) in [5, 5.41) is 11.7. The van der Waals surface area contributed by atoms with Crippen LogP contribution in [0.2, 0.25) is 0 Å². The molecule has 0 saturated heterocycles. The first-order chi connectivity index (χ1) is 8.24. The maximum Gasteiger partial charge on any atom is 0.227 e. The topological polar surface area (TPSA) is 58.6 Å². The summed E-state index contributed by atoms with van der Waals surface area (Å²) < 4.78 is 5.17. The minimum absolute atomic E-state index is 0.0400. The zero-order valence-electron chi connectivity index (χ0n) is 9.90. The predicted molar refractivity (Wildman–Crippen MR) is 65.1 cm³/mol. The maximum absolute atomic E-state index is 11.8. The lowest BCUT2D eigenvalue weighted by atomic mass is 9.90. The van der Waals surface area contributed by atoms with Crippen molar-refractivity contribution in [1.82, 2.24) is 0 Å². The zero-order valence-corrected chi connectivity index (χ0v) is 9.90. The lowest BCUT2D eigenvalue weighted by Gasteiger charge is -2.24. The molecule has 1 atom stereocenters. The Morgan fingerprint density at radius 1 is 1.53 bits per heavy atom. The number of fused-ring (bicyclic) bond motifs is 1. The van der Waals surface area contributed by atoms with E-state index < -0.39 is 0 Å². The van der Waals surface area contributed by atoms with Crippen molar-refractivity contribution in [3.8, 4) is 5.75 Å². The molecule has 0 spiro atoms. The highest BCUT2D eigenvalue weighted by molar-refractivity contribution is 5.95. The van der Waals surface area contributed by atoms with E-state index in [0.29, 0.717) is 6.42 Å². The Hall–Kier alpha value is -1.55. The van der Waals surface area contributed by atoms with Crippen LogP contribution in [-0.4, -0.2) is 24.7 Å². The van der Waals surface area contributed by atoms with E-state index in [4.69, 9.17) is 9.84 Å². The van der Waals surface area contributed by atoms with E-state index in [2.05, 4.69) is 5.32 Å². The predicted octanol–water partition coefficient (Wildman–Crippen LogP) is 1.58. The second-order valence-electron chi connectivity index (χ2n) is 4.28. The summed E-state index contributed by atoms with van der Waals surface area (Å²) in [5.41, 5.74) is 1.97. The van der Waals surface area contributed by atoms with Gasteiger partial charge in [-0.05, 0) is 43.0 Å². The second kappa shape index (κ2) is 5.19. The minimum Gasteiger partial charge on any atom is -0.497 e. The van der Waals surface area contributed by atoms with E-state index in [1.165, 1.54) is 0 Å². The van der Waals surface area contributed by atoms with E-state index in [1.54, 1.807) is 7.11 Å². The van der Waals surface area contributed by atoms with Gasteiger partial charge in [0.25, 0.3) is 0 Å². The summed E-state index contributed by atoms with van der Waals surface area (Å²) in [7, 11) is 1.63. The molecule has 1 unspecified atom stereocenters. The van der Waals surface area contributed by atoms with Crippen LogP contribution >= 0.6 is 0 Å². The average molecular weight is 235 g/mol. The quantitative estimate of drug-likeness (QED) is 0.833. The van der Waals surface area contributed by atoms with Crippen LogP contribution in [0.1, 0.15) is 18.4 Å². The maximum atomic E-state index is 11.8. The molecule has 0 aromatic heterocycles. The molecule has 0 saturated carbocycles. The molecule has 2 N–H and O–H groups in total. The fourth-order valence-electron chi connectivity index (χ4n) is 2.15. The van der Waals surface area contributed by atoms with E-state index >= 15 is 0 Å². The van der Waals surface area contributed by atoms with Crippen LogP contribution in [-0.2, 0) is 11.2 Å². The molecular weight excluding hydrogens is 218 g/mol. The molecule has 0 fully saturated rings. The first-order valence-corrected chi connectivity index (χ1v) is 5.83. The van der Waals surface area contributed by atoms with Crippen molar-refractivity contribution < 1.29 is 14.6 Å². The molecule has 2 rings (SSSR count). The fourth-order valence-corrected chi connectivity index (χ4v) is 2.15. The van der Waals surface area contributed by atoms with Gasteiger partial charge < -0.3 is 15.2 Å². The summed E-state index contributed by atoms with van der Waals surface area (Å²) in [6.45, 7) is 0.134. The molecule has 1 aliphatic heterocycles. The van der Waals surface area contributed by atoms with Gasteiger partial charge in [0.1, 0.15) is 5.75 Å². The van der Waals surface area contributed by atoms with Crippen molar-refractivity contribution in [2.24, 2.45) is 5.92 Å². The number of hydrogen-bond acceptors (Lipinski definition) is 3. The SMILES string of the molecule is COc1ccc2c(c1)CC(CCCO)C(=O)N2. The van der Waals surface area contributed by atoms with Crippen molar-refractivity contribution in [3.63, 3.8) is 0 Å². The van der Waals surface area contributed by atoms with Gasteiger partial charge in [-0.2, -0.15) is 0 Å². The Labute approximate surface area is 101 Å². The number of ether oxygens (including phenoxy) is 1. The van der Waals surface area contributed by atoms with Gasteiger partial charge in [-0.3, -0.25) is 4.79 Å². The van der Waals surface area contributed by atoms with E-state index in [9.17, 15) is 4.79 Å². The number of aliphatic hydroxyl groups is 1. The van der Waals surface area contributed by atoms with E-state index in [-0.39, 0.29) is 18.4 Å². The summed E-state index contributed by atoms with van der Waals surface area (Å²) in [6, 6.07) is 5.67. The zero-order chi connectivity index (χ0) is 12.3. The molecule has 4 nitrogen and oxygen atoms in total. The van der Waals surface area contributed by atoms with Crippen LogP contribution in [0.4, 0.5) is 5.69 Å². The number of nitrogens with one attached hydrogen (secondary N) is 1. The van der Waals surface area contributed by atoms with Gasteiger partial charge in [0.15, 0.2) is 0 Å². The average Bonchev–Trinajstić information content (AvgIpc) is 2.35. The molecule has 1 aromatic rings. The van der Waals surface area contributed by atoms with Crippen LogP contribution in [0, 0.1) is 5.92 Å². The first-order valence-electron chi connectivity index (χ1n) is 5.83. The number of anilines is 1. The number of benzene rings is 1. The molecule has 0 radical (unpaired) electrons. The third kappa shape index (κ3) is 2.58. The van der Waals surface area contributed by atoms with Crippen LogP contribution in [0.5, 0.6) is 5.75 Å². The molecule has 0 aliphatic carbocycles. The Balaban J connectivity index is 2.16. The third-order valence-electron chi connectivity index (χ3n) is 3.12. The monoisotopic (exact) mass is 235 g/mol. The number of aliphatic hydroxyl groups excluding tert-OH is 1. The fraction of sp³-hybridized carbons (Fsp3) is 0.462. The number of amides is 1. The molecule has 1 aromatic carbocycles. The lowest BCUT2D eigenvalue weighted by molar-refractivity contribution is -0.120. The summed E-state index contributed by atoms with van der Waals surface area (Å²) in [6.07, 6.45) is 2.11. The molecule has 17 heavy (non-hydrogen) atoms. The van der Waals surface area contributed by atoms with E-state index in [0.717, 1.165) is 29.8 Å². The molecule has 1 heterocycles. The summed E-state index contributed by atoms with van der Waals surface area (Å²) in [4.78, 5) is 11.8. The lowest BCUT2D eigenvalue weighted by Crippen LogP contribution is -2.30. The number of carbonyl (C=O) groups is 1. The normalized spacial score (nSPS) is 18.5. The summed E-state index contributed by atoms with van der Waals surface area (Å²) in [5.74, 6) is 0.818. The van der Waals surface area contributed by atoms with Crippen molar-refractivity contribution in [3.05, 3.63) is 23.8 Å². The number of carbonyl (C=O) groups excluding carboxylic acids is 1. The Morgan fingerprint density at radius 3 is 3.06 bits per heavy atom. The highest BCUT2D eigenvalue weighted by Gasteiger charge is 2.25. The number of rotatable bonds is 4. The van der Waals surface area contributed by atoms with Gasteiger partial charge in [-0.1, -0.05) is 0 Å². The van der Waals surface area contributed by atoms with Crippen LogP contribution in [0.15, 0.2) is 18.2 Å². The second-order valence-corrected chi connectivity index (χ2v) is 4.28. The van der Waals surface area contributed by atoms with Crippen LogP contribution in [0.3, 0.4) is 0 Å². The Kier molecular flexibility index (Phi) is 3.64. The summed E-state index contributed by atoms with van der Waals surface area (Å²) >= 11 is 0. The largest absolute Gasteiger partial charge is 0.497 e. The Morgan fingerprint density at radius 2 is 2.35 bits per heavy atom. The molecular formula is C13H17NO3. The van der Waals surface area contributed by atoms with Gasteiger partial charge in [-0.25, -0.2) is 0 Å². The Bertz CT molecular complexity index is 417. The van der Waals surface area contributed by atoms with E-state index in [1.807, 2.05) is 18.2 Å². The standard InChI is InChI=1S/C13H17NO3/c1-17-11-4-5-12-10(8-11)7-9(3-2-6-15)13(16)14-12/h4-5,8-9,15H,2-3,6-7H2,1H3,(H,14,16). The highest BCUT2D eigenvalue weighted by atomic mass is 16.5. The van der Waals surface area contributed by atoms with Crippen LogP contribution < -0.4 is 10.1 Å². The molecule has 0 bridgehead atoms. The smallest absolute Gasteiger partial charge is 0.227 e. The number of hydrogen-bond donors (Lipinski definition) is 2. The molecule has 1 aliphatic rings. The first kappa shape index (κ1) is 11.9. The molecule has 4 heteroatoms. The van der Waals surface area contributed by atoms with Gasteiger partial charge in [0.2, 0.25) is 5.91 Å².